The smallest absolute Gasteiger partial charge is 0.188 e. The summed E-state index contributed by atoms with van der Waals surface area (Å²) in [6.45, 7) is 3.64. The fraction of sp³-hybridized carbons (Fsp3) is 0.462. The number of nitrogens with zero attached hydrogens (tertiary/aromatic N) is 1. The molecule has 4 nitrogen and oxygen atoms in total. The van der Waals surface area contributed by atoms with Crippen LogP contribution in [0.4, 0.5) is 0 Å². The maximum Gasteiger partial charge on any atom is 0.188 e. The van der Waals surface area contributed by atoms with Crippen LogP contribution in [0, 0.1) is 0 Å². The Hall–Kier alpha value is -1.71. The van der Waals surface area contributed by atoms with E-state index in [2.05, 4.69) is 23.3 Å². The van der Waals surface area contributed by atoms with Crippen molar-refractivity contribution in [1.29, 1.82) is 0 Å². The Bertz CT molecular complexity index is 363. The van der Waals surface area contributed by atoms with Gasteiger partial charge in [0.05, 0.1) is 7.11 Å². The fourth-order valence-corrected chi connectivity index (χ4v) is 1.45. The lowest BCUT2D eigenvalue weighted by atomic mass is 10.1. The average Bonchev–Trinajstić information content (AvgIpc) is 2.36. The van der Waals surface area contributed by atoms with Gasteiger partial charge in [-0.2, -0.15) is 0 Å². The third-order valence-corrected chi connectivity index (χ3v) is 2.36. The molecule has 0 saturated carbocycles. The molecule has 1 rings (SSSR count). The monoisotopic (exact) mass is 235 g/mol. The van der Waals surface area contributed by atoms with E-state index in [1.165, 1.54) is 5.56 Å². The standard InChI is InChI=1S/C13H21N3O/c1-3-8-15-13(14)16-9-7-11-5-4-6-12(10-11)17-2/h4-6,10H,3,7-9H2,1-2H3,(H3,14,15,16). The summed E-state index contributed by atoms with van der Waals surface area (Å²) in [4.78, 5) is 4.17. The van der Waals surface area contributed by atoms with E-state index in [9.17, 15) is 0 Å². The Kier molecular flexibility index (Phi) is 5.93. The van der Waals surface area contributed by atoms with Crippen molar-refractivity contribution in [3.63, 3.8) is 0 Å². The predicted molar refractivity (Wildman–Crippen MR) is 71.5 cm³/mol. The molecule has 1 aromatic rings. The Morgan fingerprint density at radius 1 is 1.47 bits per heavy atom. The normalized spacial score (nSPS) is 11.3. The van der Waals surface area contributed by atoms with Crippen LogP contribution in [-0.4, -0.2) is 26.2 Å². The molecule has 0 aliphatic rings. The summed E-state index contributed by atoms with van der Waals surface area (Å²) < 4.78 is 5.17. The minimum absolute atomic E-state index is 0.523. The molecule has 0 aromatic heterocycles. The van der Waals surface area contributed by atoms with E-state index >= 15 is 0 Å². The zero-order valence-corrected chi connectivity index (χ0v) is 10.6. The molecule has 0 unspecified atom stereocenters. The molecule has 94 valence electrons. The highest BCUT2D eigenvalue weighted by atomic mass is 16.5. The second-order valence-corrected chi connectivity index (χ2v) is 3.80. The fourth-order valence-electron chi connectivity index (χ4n) is 1.45. The summed E-state index contributed by atoms with van der Waals surface area (Å²) in [6.07, 6.45) is 1.91. The molecule has 0 aliphatic carbocycles. The number of rotatable bonds is 6. The lowest BCUT2D eigenvalue weighted by Crippen LogP contribution is -2.33. The van der Waals surface area contributed by atoms with Crippen molar-refractivity contribution in [3.05, 3.63) is 29.8 Å². The number of aliphatic imine (C=N–C) groups is 1. The largest absolute Gasteiger partial charge is 0.497 e. The first kappa shape index (κ1) is 13.4. The van der Waals surface area contributed by atoms with Crippen molar-refractivity contribution in [1.82, 2.24) is 5.32 Å². The van der Waals surface area contributed by atoms with E-state index in [-0.39, 0.29) is 0 Å². The minimum Gasteiger partial charge on any atom is -0.497 e. The maximum absolute atomic E-state index is 5.69. The topological polar surface area (TPSA) is 59.6 Å². The first-order valence-corrected chi connectivity index (χ1v) is 5.93. The molecule has 0 fully saturated rings. The Morgan fingerprint density at radius 3 is 3.00 bits per heavy atom. The van der Waals surface area contributed by atoms with Gasteiger partial charge in [0.2, 0.25) is 0 Å². The predicted octanol–water partition coefficient (Wildman–Crippen LogP) is 1.55. The van der Waals surface area contributed by atoms with Crippen LogP contribution in [0.15, 0.2) is 29.3 Å². The summed E-state index contributed by atoms with van der Waals surface area (Å²) in [5.41, 5.74) is 6.92. The van der Waals surface area contributed by atoms with Crippen molar-refractivity contribution >= 4 is 5.96 Å². The van der Waals surface area contributed by atoms with Gasteiger partial charge in [0.15, 0.2) is 5.96 Å². The Balaban J connectivity index is 2.35. The first-order valence-electron chi connectivity index (χ1n) is 5.93. The lowest BCUT2D eigenvalue weighted by molar-refractivity contribution is 0.414. The number of guanidine groups is 1. The van der Waals surface area contributed by atoms with Gasteiger partial charge < -0.3 is 15.8 Å². The van der Waals surface area contributed by atoms with Crippen molar-refractivity contribution in [2.24, 2.45) is 10.7 Å². The number of hydrogen-bond donors (Lipinski definition) is 2. The molecule has 1 aromatic carbocycles. The minimum atomic E-state index is 0.523. The SMILES string of the molecule is CCCN=C(N)NCCc1cccc(OC)c1. The zero-order chi connectivity index (χ0) is 12.5. The van der Waals surface area contributed by atoms with Gasteiger partial charge in [0.25, 0.3) is 0 Å². The van der Waals surface area contributed by atoms with Gasteiger partial charge in [-0.15, -0.1) is 0 Å². The van der Waals surface area contributed by atoms with Crippen LogP contribution < -0.4 is 15.8 Å². The van der Waals surface area contributed by atoms with Crippen LogP contribution in [-0.2, 0) is 6.42 Å². The van der Waals surface area contributed by atoms with Gasteiger partial charge >= 0.3 is 0 Å². The van der Waals surface area contributed by atoms with Crippen molar-refractivity contribution in [2.75, 3.05) is 20.2 Å². The zero-order valence-electron chi connectivity index (χ0n) is 10.6. The highest BCUT2D eigenvalue weighted by Gasteiger charge is 1.96. The van der Waals surface area contributed by atoms with Crippen molar-refractivity contribution < 1.29 is 4.74 Å². The second kappa shape index (κ2) is 7.54. The van der Waals surface area contributed by atoms with Gasteiger partial charge in [0.1, 0.15) is 5.75 Å². The van der Waals surface area contributed by atoms with Crippen LogP contribution in [0.5, 0.6) is 5.75 Å². The average molecular weight is 235 g/mol. The molecule has 0 bridgehead atoms. The van der Waals surface area contributed by atoms with Gasteiger partial charge in [0, 0.05) is 13.1 Å². The third kappa shape index (κ3) is 5.24. The Labute approximate surface area is 103 Å². The van der Waals surface area contributed by atoms with Crippen molar-refractivity contribution in [3.8, 4) is 5.75 Å². The van der Waals surface area contributed by atoms with Crippen LogP contribution in [0.3, 0.4) is 0 Å². The molecule has 0 amide bonds. The molecular weight excluding hydrogens is 214 g/mol. The van der Waals surface area contributed by atoms with E-state index in [1.54, 1.807) is 7.11 Å². The highest BCUT2D eigenvalue weighted by molar-refractivity contribution is 5.77. The molecule has 3 N–H and O–H groups in total. The van der Waals surface area contributed by atoms with E-state index < -0.39 is 0 Å². The first-order chi connectivity index (χ1) is 8.26. The third-order valence-electron chi connectivity index (χ3n) is 2.36. The summed E-state index contributed by atoms with van der Waals surface area (Å²) in [7, 11) is 1.67. The van der Waals surface area contributed by atoms with Crippen LogP contribution in [0.1, 0.15) is 18.9 Å². The van der Waals surface area contributed by atoms with Gasteiger partial charge in [-0.1, -0.05) is 19.1 Å². The lowest BCUT2D eigenvalue weighted by Gasteiger charge is -2.06. The molecule has 0 saturated heterocycles. The van der Waals surface area contributed by atoms with E-state index in [4.69, 9.17) is 10.5 Å². The van der Waals surface area contributed by atoms with Crippen LogP contribution in [0.2, 0.25) is 0 Å². The number of benzene rings is 1. The number of nitrogens with two attached hydrogens (primary N) is 1. The molecule has 0 atom stereocenters. The molecule has 0 radical (unpaired) electrons. The van der Waals surface area contributed by atoms with Crippen LogP contribution in [0.25, 0.3) is 0 Å². The number of ether oxygens (including phenoxy) is 1. The number of methoxy groups -OCH3 is 1. The molecular formula is C13H21N3O. The number of nitrogens with one attached hydrogen (secondary N) is 1. The maximum atomic E-state index is 5.69. The van der Waals surface area contributed by atoms with Crippen LogP contribution >= 0.6 is 0 Å². The molecule has 0 spiro atoms. The molecule has 0 heterocycles. The summed E-state index contributed by atoms with van der Waals surface area (Å²) >= 11 is 0. The summed E-state index contributed by atoms with van der Waals surface area (Å²) in [5.74, 6) is 1.41. The molecule has 17 heavy (non-hydrogen) atoms. The second-order valence-electron chi connectivity index (χ2n) is 3.80. The molecule has 0 aliphatic heterocycles. The van der Waals surface area contributed by atoms with Gasteiger partial charge in [-0.3, -0.25) is 4.99 Å². The van der Waals surface area contributed by atoms with Crippen molar-refractivity contribution in [2.45, 2.75) is 19.8 Å². The van der Waals surface area contributed by atoms with E-state index in [0.717, 1.165) is 31.7 Å². The summed E-state index contributed by atoms with van der Waals surface area (Å²) in [5, 5.41) is 3.09. The number of hydrogen-bond acceptors (Lipinski definition) is 2. The summed E-state index contributed by atoms with van der Waals surface area (Å²) in [6, 6.07) is 8.03. The quantitative estimate of drug-likeness (QED) is 0.581. The Morgan fingerprint density at radius 2 is 2.29 bits per heavy atom. The van der Waals surface area contributed by atoms with Gasteiger partial charge in [-0.25, -0.2) is 0 Å². The van der Waals surface area contributed by atoms with E-state index in [0.29, 0.717) is 5.96 Å². The highest BCUT2D eigenvalue weighted by Crippen LogP contribution is 2.12. The molecule has 4 heteroatoms. The van der Waals surface area contributed by atoms with E-state index in [1.807, 2.05) is 18.2 Å². The van der Waals surface area contributed by atoms with Gasteiger partial charge in [-0.05, 0) is 30.5 Å².